The van der Waals surface area contributed by atoms with Crippen molar-refractivity contribution in [3.05, 3.63) is 32.8 Å². The topological polar surface area (TPSA) is 102 Å². The first-order valence-corrected chi connectivity index (χ1v) is 5.15. The molecule has 6 nitrogen and oxygen atoms in total. The molecule has 7 heteroatoms. The van der Waals surface area contributed by atoms with Crippen molar-refractivity contribution < 1.29 is 9.66 Å². The number of nitro groups is 1. The van der Waals surface area contributed by atoms with Crippen molar-refractivity contribution in [1.82, 2.24) is 0 Å². The summed E-state index contributed by atoms with van der Waals surface area (Å²) in [6.07, 6.45) is -0.627. The van der Waals surface area contributed by atoms with E-state index in [4.69, 9.17) is 15.9 Å². The fraction of sp³-hybridized carbons (Fsp3) is 0.222. The number of nitrogens with zero attached hydrogens (tertiary/aromatic N) is 1. The molecule has 0 saturated carbocycles. The number of hydrogen-bond acceptors (Lipinski definition) is 4. The van der Waals surface area contributed by atoms with Gasteiger partial charge in [0.2, 0.25) is 0 Å². The van der Waals surface area contributed by atoms with E-state index in [1.54, 1.807) is 6.92 Å². The van der Waals surface area contributed by atoms with E-state index in [0.29, 0.717) is 4.47 Å². The normalized spacial score (nSPS) is 11.9. The second-order valence-corrected chi connectivity index (χ2v) is 3.94. The SMILES string of the molecule is CC(Oc1cc([N+](=O)[O-])ccc1Br)C(=N)N. The van der Waals surface area contributed by atoms with Gasteiger partial charge >= 0.3 is 0 Å². The Kier molecular flexibility index (Phi) is 3.83. The summed E-state index contributed by atoms with van der Waals surface area (Å²) in [7, 11) is 0. The van der Waals surface area contributed by atoms with E-state index in [-0.39, 0.29) is 17.3 Å². The fourth-order valence-corrected chi connectivity index (χ4v) is 1.29. The monoisotopic (exact) mass is 287 g/mol. The summed E-state index contributed by atoms with van der Waals surface area (Å²) in [6, 6.07) is 4.15. The molecular formula is C9H10BrN3O3. The number of rotatable bonds is 4. The molecule has 0 fully saturated rings. The molecule has 0 aliphatic heterocycles. The Morgan fingerprint density at radius 1 is 1.69 bits per heavy atom. The van der Waals surface area contributed by atoms with E-state index >= 15 is 0 Å². The van der Waals surface area contributed by atoms with Crippen LogP contribution in [0.3, 0.4) is 0 Å². The van der Waals surface area contributed by atoms with E-state index in [9.17, 15) is 10.1 Å². The van der Waals surface area contributed by atoms with Crippen LogP contribution in [-0.2, 0) is 0 Å². The first-order chi connectivity index (χ1) is 7.41. The lowest BCUT2D eigenvalue weighted by Gasteiger charge is -2.13. The van der Waals surface area contributed by atoms with Gasteiger partial charge < -0.3 is 10.5 Å². The first kappa shape index (κ1) is 12.4. The molecule has 1 aromatic carbocycles. The summed E-state index contributed by atoms with van der Waals surface area (Å²) >= 11 is 3.20. The Morgan fingerprint density at radius 3 is 2.81 bits per heavy atom. The highest BCUT2D eigenvalue weighted by Crippen LogP contribution is 2.29. The summed E-state index contributed by atoms with van der Waals surface area (Å²) in [5, 5.41) is 17.7. The first-order valence-electron chi connectivity index (χ1n) is 4.36. The Balaban J connectivity index is 2.98. The summed E-state index contributed by atoms with van der Waals surface area (Å²) in [4.78, 5) is 10.0. The van der Waals surface area contributed by atoms with Crippen molar-refractivity contribution in [1.29, 1.82) is 5.41 Å². The molecule has 3 N–H and O–H groups in total. The summed E-state index contributed by atoms with van der Waals surface area (Å²) in [5.41, 5.74) is 5.17. The van der Waals surface area contributed by atoms with E-state index < -0.39 is 11.0 Å². The van der Waals surface area contributed by atoms with Gasteiger partial charge in [-0.15, -0.1) is 0 Å². The second-order valence-electron chi connectivity index (χ2n) is 3.09. The lowest BCUT2D eigenvalue weighted by atomic mass is 10.3. The van der Waals surface area contributed by atoms with Gasteiger partial charge in [-0.2, -0.15) is 0 Å². The number of ether oxygens (including phenoxy) is 1. The zero-order valence-corrected chi connectivity index (χ0v) is 10.0. The third-order valence-corrected chi connectivity index (χ3v) is 2.52. The molecule has 0 bridgehead atoms. The van der Waals surface area contributed by atoms with Crippen LogP contribution in [0.5, 0.6) is 5.75 Å². The Morgan fingerprint density at radius 2 is 2.31 bits per heavy atom. The van der Waals surface area contributed by atoms with E-state index in [2.05, 4.69) is 15.9 Å². The third kappa shape index (κ3) is 2.93. The molecule has 0 spiro atoms. The van der Waals surface area contributed by atoms with Crippen LogP contribution in [0, 0.1) is 15.5 Å². The number of nitrogens with two attached hydrogens (primary N) is 1. The lowest BCUT2D eigenvalue weighted by Crippen LogP contribution is -2.30. The molecule has 1 aromatic rings. The predicted octanol–water partition coefficient (Wildman–Crippen LogP) is 2.06. The van der Waals surface area contributed by atoms with Crippen molar-refractivity contribution in [2.24, 2.45) is 5.73 Å². The molecule has 1 unspecified atom stereocenters. The number of hydrogen-bond donors (Lipinski definition) is 2. The molecule has 0 aliphatic rings. The molecule has 0 heterocycles. The Bertz CT molecular complexity index is 436. The zero-order chi connectivity index (χ0) is 12.3. The number of amidine groups is 1. The minimum Gasteiger partial charge on any atom is -0.481 e. The van der Waals surface area contributed by atoms with E-state index in [0.717, 1.165) is 0 Å². The van der Waals surface area contributed by atoms with Crippen LogP contribution >= 0.6 is 15.9 Å². The standard InChI is InChI=1S/C9H10BrN3O3/c1-5(9(11)12)16-8-4-6(13(14)15)2-3-7(8)10/h2-5H,1H3,(H3,11,12). The van der Waals surface area contributed by atoms with Gasteiger partial charge in [-0.1, -0.05) is 0 Å². The van der Waals surface area contributed by atoms with Crippen LogP contribution in [0.15, 0.2) is 22.7 Å². The van der Waals surface area contributed by atoms with Gasteiger partial charge in [0, 0.05) is 6.07 Å². The lowest BCUT2D eigenvalue weighted by molar-refractivity contribution is -0.385. The molecule has 0 aromatic heterocycles. The minimum absolute atomic E-state index is 0.0750. The van der Waals surface area contributed by atoms with Crippen LogP contribution in [0.2, 0.25) is 0 Å². The fourth-order valence-electron chi connectivity index (χ4n) is 0.950. The number of nitrogens with one attached hydrogen (secondary N) is 1. The molecule has 16 heavy (non-hydrogen) atoms. The van der Waals surface area contributed by atoms with Crippen LogP contribution in [0.4, 0.5) is 5.69 Å². The third-order valence-electron chi connectivity index (χ3n) is 1.87. The van der Waals surface area contributed by atoms with Gasteiger partial charge in [-0.3, -0.25) is 15.5 Å². The van der Waals surface area contributed by atoms with Gasteiger partial charge in [0.1, 0.15) is 11.6 Å². The van der Waals surface area contributed by atoms with Gasteiger partial charge in [0.25, 0.3) is 5.69 Å². The summed E-state index contributed by atoms with van der Waals surface area (Å²) < 4.78 is 5.87. The minimum atomic E-state index is -0.627. The van der Waals surface area contributed by atoms with Crippen molar-refractivity contribution in [2.45, 2.75) is 13.0 Å². The maximum atomic E-state index is 10.6. The highest BCUT2D eigenvalue weighted by atomic mass is 79.9. The van der Waals surface area contributed by atoms with Gasteiger partial charge in [-0.25, -0.2) is 0 Å². The number of halogens is 1. The summed E-state index contributed by atoms with van der Waals surface area (Å²) in [6.45, 7) is 1.59. The zero-order valence-electron chi connectivity index (χ0n) is 8.44. The van der Waals surface area contributed by atoms with Crippen LogP contribution in [0.1, 0.15) is 6.92 Å². The smallest absolute Gasteiger partial charge is 0.273 e. The highest BCUT2D eigenvalue weighted by Gasteiger charge is 2.14. The van der Waals surface area contributed by atoms with Crippen LogP contribution in [0.25, 0.3) is 0 Å². The molecule has 0 saturated heterocycles. The molecule has 0 aliphatic carbocycles. The second kappa shape index (κ2) is 4.93. The number of nitro benzene ring substituents is 1. The average Bonchev–Trinajstić information content (AvgIpc) is 2.20. The highest BCUT2D eigenvalue weighted by molar-refractivity contribution is 9.10. The predicted molar refractivity (Wildman–Crippen MR) is 62.8 cm³/mol. The quantitative estimate of drug-likeness (QED) is 0.383. The maximum Gasteiger partial charge on any atom is 0.273 e. The molecule has 1 atom stereocenters. The Labute approximate surface area is 100 Å². The maximum absolute atomic E-state index is 10.6. The molecule has 0 amide bonds. The summed E-state index contributed by atoms with van der Waals surface area (Å²) in [5.74, 6) is 0.148. The van der Waals surface area contributed by atoms with Crippen molar-refractivity contribution in [3.8, 4) is 5.75 Å². The molecule has 86 valence electrons. The average molecular weight is 288 g/mol. The van der Waals surface area contributed by atoms with Crippen LogP contribution < -0.4 is 10.5 Å². The molecular weight excluding hydrogens is 278 g/mol. The van der Waals surface area contributed by atoms with E-state index in [1.165, 1.54) is 18.2 Å². The molecule has 0 radical (unpaired) electrons. The number of non-ortho nitro benzene ring substituents is 1. The molecule has 1 rings (SSSR count). The van der Waals surface area contributed by atoms with Crippen molar-refractivity contribution in [3.63, 3.8) is 0 Å². The Hall–Kier alpha value is -1.63. The largest absolute Gasteiger partial charge is 0.481 e. The van der Waals surface area contributed by atoms with Crippen molar-refractivity contribution >= 4 is 27.5 Å². The van der Waals surface area contributed by atoms with Crippen LogP contribution in [-0.4, -0.2) is 16.9 Å². The van der Waals surface area contributed by atoms with E-state index in [1.807, 2.05) is 0 Å². The number of benzene rings is 1. The van der Waals surface area contributed by atoms with Crippen molar-refractivity contribution in [2.75, 3.05) is 0 Å². The van der Waals surface area contributed by atoms with Gasteiger partial charge in [-0.05, 0) is 28.9 Å². The van der Waals surface area contributed by atoms with Gasteiger partial charge in [0.15, 0.2) is 6.10 Å². The van der Waals surface area contributed by atoms with Gasteiger partial charge in [0.05, 0.1) is 15.5 Å².